The van der Waals surface area contributed by atoms with Gasteiger partial charge in [-0.3, -0.25) is 9.59 Å². The second kappa shape index (κ2) is 8.47. The third-order valence-electron chi connectivity index (χ3n) is 5.23. The fraction of sp³-hybridized carbons (Fsp3) is 0.120. The minimum absolute atomic E-state index is 0.275. The molecule has 0 unspecified atom stereocenters. The number of hydrogen-bond donors (Lipinski definition) is 2. The van der Waals surface area contributed by atoms with E-state index in [0.717, 1.165) is 27.8 Å². The molecule has 0 aliphatic heterocycles. The van der Waals surface area contributed by atoms with Crippen molar-refractivity contribution in [3.8, 4) is 22.6 Å². The van der Waals surface area contributed by atoms with Crippen LogP contribution < -0.4 is 11.1 Å². The Morgan fingerprint density at radius 1 is 0.844 bits per heavy atom. The zero-order chi connectivity index (χ0) is 22.8. The maximum absolute atomic E-state index is 12.7. The molecule has 1 aromatic heterocycles. The second-order valence-electron chi connectivity index (χ2n) is 7.58. The van der Waals surface area contributed by atoms with Crippen LogP contribution in [-0.2, 0) is 0 Å². The van der Waals surface area contributed by atoms with Crippen molar-refractivity contribution in [2.24, 2.45) is 5.73 Å². The number of aromatic nitrogens is 2. The number of hydrogen-bond acceptors (Lipinski definition) is 5. The van der Waals surface area contributed by atoms with Gasteiger partial charge in [-0.15, -0.1) is 10.2 Å². The van der Waals surface area contributed by atoms with Crippen LogP contribution in [0.4, 0.5) is 5.69 Å². The largest absolute Gasteiger partial charge is 0.421 e. The van der Waals surface area contributed by atoms with Crippen LogP contribution in [0.15, 0.2) is 65.1 Å². The Balaban J connectivity index is 1.56. The van der Waals surface area contributed by atoms with Gasteiger partial charge < -0.3 is 15.5 Å². The molecule has 4 aromatic rings. The highest BCUT2D eigenvalue weighted by Gasteiger charge is 2.12. The van der Waals surface area contributed by atoms with Crippen LogP contribution >= 0.6 is 0 Å². The number of aryl methyl sites for hydroxylation is 3. The summed E-state index contributed by atoms with van der Waals surface area (Å²) >= 11 is 0. The normalized spacial score (nSPS) is 10.7. The van der Waals surface area contributed by atoms with Crippen LogP contribution in [0.1, 0.15) is 37.7 Å². The summed E-state index contributed by atoms with van der Waals surface area (Å²) < 4.78 is 5.53. The minimum Gasteiger partial charge on any atom is -0.421 e. The molecule has 0 spiro atoms. The van der Waals surface area contributed by atoms with E-state index in [1.165, 1.54) is 0 Å². The predicted octanol–water partition coefficient (Wildman–Crippen LogP) is 4.68. The summed E-state index contributed by atoms with van der Waals surface area (Å²) in [6.07, 6.45) is 0. The fourth-order valence-electron chi connectivity index (χ4n) is 3.45. The van der Waals surface area contributed by atoms with Crippen molar-refractivity contribution >= 4 is 17.5 Å². The highest BCUT2D eigenvalue weighted by Crippen LogP contribution is 2.29. The van der Waals surface area contributed by atoms with Gasteiger partial charge in [0.1, 0.15) is 0 Å². The van der Waals surface area contributed by atoms with E-state index < -0.39 is 5.91 Å². The maximum atomic E-state index is 12.7. The SMILES string of the molecule is Cc1nnc(-c2ccc(C)c(-c3ccc(C(=O)Nc4ccc(C)c(C(N)=O)c4)cc3)c2)o1. The van der Waals surface area contributed by atoms with Gasteiger partial charge in [-0.25, -0.2) is 0 Å². The quantitative estimate of drug-likeness (QED) is 0.481. The molecule has 7 heteroatoms. The molecule has 0 fully saturated rings. The number of benzene rings is 3. The Morgan fingerprint density at radius 3 is 2.19 bits per heavy atom. The zero-order valence-electron chi connectivity index (χ0n) is 18.0. The average molecular weight is 426 g/mol. The van der Waals surface area contributed by atoms with E-state index in [9.17, 15) is 9.59 Å². The standard InChI is InChI=1S/C25H22N4O3/c1-14-4-6-19(25-29-28-16(3)32-25)12-21(14)17-7-9-18(10-8-17)24(31)27-20-11-5-15(2)22(13-20)23(26)30/h4-13H,1-3H3,(H2,26,30)(H,27,31). The van der Waals surface area contributed by atoms with Crippen LogP contribution in [0.5, 0.6) is 0 Å². The smallest absolute Gasteiger partial charge is 0.255 e. The fourth-order valence-corrected chi connectivity index (χ4v) is 3.45. The number of nitrogens with zero attached hydrogens (tertiary/aromatic N) is 2. The average Bonchev–Trinajstić information content (AvgIpc) is 3.21. The Labute approximate surface area is 185 Å². The van der Waals surface area contributed by atoms with Gasteiger partial charge in [0.25, 0.3) is 5.91 Å². The van der Waals surface area contributed by atoms with E-state index >= 15 is 0 Å². The van der Waals surface area contributed by atoms with Crippen LogP contribution in [-0.4, -0.2) is 22.0 Å². The summed E-state index contributed by atoms with van der Waals surface area (Å²) in [6, 6.07) is 18.3. The van der Waals surface area contributed by atoms with Gasteiger partial charge in [-0.05, 0) is 72.5 Å². The first-order valence-electron chi connectivity index (χ1n) is 10.0. The van der Waals surface area contributed by atoms with E-state index in [1.807, 2.05) is 37.3 Å². The van der Waals surface area contributed by atoms with Crippen molar-refractivity contribution in [3.05, 3.63) is 88.8 Å². The first-order valence-corrected chi connectivity index (χ1v) is 10.0. The Morgan fingerprint density at radius 2 is 1.53 bits per heavy atom. The molecular weight excluding hydrogens is 404 g/mol. The number of nitrogens with two attached hydrogens (primary N) is 1. The van der Waals surface area contributed by atoms with Gasteiger partial charge in [0, 0.05) is 29.3 Å². The summed E-state index contributed by atoms with van der Waals surface area (Å²) in [5.74, 6) is 0.168. The number of rotatable bonds is 5. The molecule has 0 saturated heterocycles. The third kappa shape index (κ3) is 4.27. The molecule has 0 radical (unpaired) electrons. The number of amides is 2. The summed E-state index contributed by atoms with van der Waals surface area (Å²) in [5, 5.41) is 10.8. The number of primary amides is 1. The first kappa shape index (κ1) is 21.0. The third-order valence-corrected chi connectivity index (χ3v) is 5.23. The summed E-state index contributed by atoms with van der Waals surface area (Å²) in [7, 11) is 0. The van der Waals surface area contributed by atoms with Gasteiger partial charge >= 0.3 is 0 Å². The molecule has 0 aliphatic carbocycles. The number of nitrogens with one attached hydrogen (secondary N) is 1. The lowest BCUT2D eigenvalue weighted by Gasteiger charge is -2.10. The van der Waals surface area contributed by atoms with Crippen molar-refractivity contribution < 1.29 is 14.0 Å². The number of carbonyl (C=O) groups is 2. The molecule has 3 aromatic carbocycles. The lowest BCUT2D eigenvalue weighted by molar-refractivity contribution is 0.0995. The van der Waals surface area contributed by atoms with E-state index in [1.54, 1.807) is 44.2 Å². The Kier molecular flexibility index (Phi) is 5.55. The molecule has 0 bridgehead atoms. The molecule has 0 aliphatic rings. The molecule has 0 atom stereocenters. The summed E-state index contributed by atoms with van der Waals surface area (Å²) in [5.41, 5.74) is 11.4. The van der Waals surface area contributed by atoms with Gasteiger partial charge in [-0.2, -0.15) is 0 Å². The van der Waals surface area contributed by atoms with Gasteiger partial charge in [-0.1, -0.05) is 24.3 Å². The lowest BCUT2D eigenvalue weighted by Crippen LogP contribution is -2.15. The molecule has 0 saturated carbocycles. The second-order valence-corrected chi connectivity index (χ2v) is 7.58. The van der Waals surface area contributed by atoms with Crippen LogP contribution in [0.25, 0.3) is 22.6 Å². The van der Waals surface area contributed by atoms with Crippen LogP contribution in [0, 0.1) is 20.8 Å². The number of anilines is 1. The molecule has 160 valence electrons. The highest BCUT2D eigenvalue weighted by atomic mass is 16.4. The molecule has 7 nitrogen and oxygen atoms in total. The highest BCUT2D eigenvalue weighted by molar-refractivity contribution is 6.05. The topological polar surface area (TPSA) is 111 Å². The van der Waals surface area contributed by atoms with Crippen molar-refractivity contribution in [1.82, 2.24) is 10.2 Å². The first-order chi connectivity index (χ1) is 15.3. The van der Waals surface area contributed by atoms with Crippen molar-refractivity contribution in [3.63, 3.8) is 0 Å². The van der Waals surface area contributed by atoms with Gasteiger partial charge in [0.2, 0.25) is 17.7 Å². The predicted molar refractivity (Wildman–Crippen MR) is 122 cm³/mol. The Hall–Kier alpha value is -4.26. The maximum Gasteiger partial charge on any atom is 0.255 e. The van der Waals surface area contributed by atoms with Crippen LogP contribution in [0.2, 0.25) is 0 Å². The molecule has 4 rings (SSSR count). The number of carbonyl (C=O) groups excluding carboxylic acids is 2. The van der Waals surface area contributed by atoms with Gasteiger partial charge in [0.15, 0.2) is 0 Å². The molecule has 3 N–H and O–H groups in total. The van der Waals surface area contributed by atoms with E-state index in [-0.39, 0.29) is 5.91 Å². The summed E-state index contributed by atoms with van der Waals surface area (Å²) in [6.45, 7) is 5.56. The van der Waals surface area contributed by atoms with E-state index in [0.29, 0.717) is 28.6 Å². The molecular formula is C25H22N4O3. The van der Waals surface area contributed by atoms with E-state index in [2.05, 4.69) is 15.5 Å². The van der Waals surface area contributed by atoms with Gasteiger partial charge in [0.05, 0.1) is 0 Å². The molecule has 2 amide bonds. The van der Waals surface area contributed by atoms with Crippen molar-refractivity contribution in [2.75, 3.05) is 5.32 Å². The monoisotopic (exact) mass is 426 g/mol. The minimum atomic E-state index is -0.531. The van der Waals surface area contributed by atoms with E-state index in [4.69, 9.17) is 10.2 Å². The molecule has 32 heavy (non-hydrogen) atoms. The zero-order valence-corrected chi connectivity index (χ0v) is 18.0. The summed E-state index contributed by atoms with van der Waals surface area (Å²) in [4.78, 5) is 24.2. The van der Waals surface area contributed by atoms with Crippen molar-refractivity contribution in [1.29, 1.82) is 0 Å². The Bertz CT molecular complexity index is 1320. The van der Waals surface area contributed by atoms with Crippen molar-refractivity contribution in [2.45, 2.75) is 20.8 Å². The lowest BCUT2D eigenvalue weighted by atomic mass is 9.97. The van der Waals surface area contributed by atoms with Crippen LogP contribution in [0.3, 0.4) is 0 Å². The molecule has 1 heterocycles.